The Morgan fingerprint density at radius 1 is 1.20 bits per heavy atom. The van der Waals surface area contributed by atoms with Gasteiger partial charge in [0.15, 0.2) is 0 Å². The topological polar surface area (TPSA) is 29.1 Å². The van der Waals surface area contributed by atoms with Gasteiger partial charge in [0, 0.05) is 10.2 Å². The lowest BCUT2D eigenvalue weighted by atomic mass is 9.77. The molecule has 1 aliphatic carbocycles. The molecule has 20 heavy (non-hydrogen) atoms. The van der Waals surface area contributed by atoms with E-state index in [0.29, 0.717) is 0 Å². The van der Waals surface area contributed by atoms with Crippen LogP contribution in [0, 0.1) is 13.8 Å². The maximum Gasteiger partial charge on any atom is 0.232 e. The SMILES string of the molecule is Cc1cc(Br)cc(C)c1NC(=O)C1Cc2ccccc21. The number of anilines is 1. The first-order valence-corrected chi connectivity index (χ1v) is 7.51. The minimum atomic E-state index is -0.00588. The first-order chi connectivity index (χ1) is 9.56. The summed E-state index contributed by atoms with van der Waals surface area (Å²) in [5, 5.41) is 3.09. The molecule has 1 N–H and O–H groups in total. The first-order valence-electron chi connectivity index (χ1n) is 6.71. The molecule has 0 fully saturated rings. The second-order valence-electron chi connectivity index (χ2n) is 5.36. The fourth-order valence-corrected chi connectivity index (χ4v) is 3.50. The Bertz CT molecular complexity index is 670. The Hall–Kier alpha value is -1.61. The van der Waals surface area contributed by atoms with Gasteiger partial charge in [-0.3, -0.25) is 4.79 Å². The summed E-state index contributed by atoms with van der Waals surface area (Å²) in [5.74, 6) is 0.0888. The molecular formula is C17H16BrNO. The van der Waals surface area contributed by atoms with Gasteiger partial charge in [-0.05, 0) is 54.7 Å². The highest BCUT2D eigenvalue weighted by Gasteiger charge is 2.31. The maximum atomic E-state index is 12.4. The quantitative estimate of drug-likeness (QED) is 0.872. The molecule has 1 aliphatic rings. The largest absolute Gasteiger partial charge is 0.325 e. The number of hydrogen-bond acceptors (Lipinski definition) is 1. The Labute approximate surface area is 127 Å². The molecule has 3 heteroatoms. The summed E-state index contributed by atoms with van der Waals surface area (Å²) in [7, 11) is 0. The Balaban J connectivity index is 1.82. The van der Waals surface area contributed by atoms with Crippen LogP contribution in [0.5, 0.6) is 0 Å². The minimum absolute atomic E-state index is 0.00588. The van der Waals surface area contributed by atoms with E-state index in [0.717, 1.165) is 33.3 Å². The van der Waals surface area contributed by atoms with Crippen LogP contribution in [0.1, 0.15) is 28.2 Å². The lowest BCUT2D eigenvalue weighted by Gasteiger charge is -2.29. The van der Waals surface area contributed by atoms with Gasteiger partial charge in [-0.15, -0.1) is 0 Å². The smallest absolute Gasteiger partial charge is 0.232 e. The molecular weight excluding hydrogens is 314 g/mol. The van der Waals surface area contributed by atoms with Crippen molar-refractivity contribution < 1.29 is 4.79 Å². The van der Waals surface area contributed by atoms with Gasteiger partial charge in [0.2, 0.25) is 5.91 Å². The minimum Gasteiger partial charge on any atom is -0.325 e. The van der Waals surface area contributed by atoms with Gasteiger partial charge in [-0.1, -0.05) is 40.2 Å². The number of hydrogen-bond donors (Lipinski definition) is 1. The van der Waals surface area contributed by atoms with E-state index in [1.165, 1.54) is 5.56 Å². The summed E-state index contributed by atoms with van der Waals surface area (Å²) in [6.07, 6.45) is 0.844. The van der Waals surface area contributed by atoms with Crippen LogP contribution in [0.3, 0.4) is 0 Å². The van der Waals surface area contributed by atoms with Gasteiger partial charge in [0.05, 0.1) is 5.92 Å². The van der Waals surface area contributed by atoms with Crippen LogP contribution >= 0.6 is 15.9 Å². The van der Waals surface area contributed by atoms with Crippen LogP contribution in [-0.2, 0) is 11.2 Å². The fraction of sp³-hybridized carbons (Fsp3) is 0.235. The number of fused-ring (bicyclic) bond motifs is 1. The van der Waals surface area contributed by atoms with E-state index in [-0.39, 0.29) is 11.8 Å². The monoisotopic (exact) mass is 329 g/mol. The van der Waals surface area contributed by atoms with Crippen molar-refractivity contribution in [1.29, 1.82) is 0 Å². The molecule has 0 bridgehead atoms. The molecule has 0 radical (unpaired) electrons. The first kappa shape index (κ1) is 13.4. The second kappa shape index (κ2) is 5.06. The van der Waals surface area contributed by atoms with Crippen LogP contribution in [-0.4, -0.2) is 5.91 Å². The van der Waals surface area contributed by atoms with Gasteiger partial charge in [0.1, 0.15) is 0 Å². The highest BCUT2D eigenvalue weighted by Crippen LogP contribution is 2.36. The van der Waals surface area contributed by atoms with E-state index in [1.807, 2.05) is 44.2 Å². The van der Waals surface area contributed by atoms with Crippen molar-refractivity contribution in [1.82, 2.24) is 0 Å². The van der Waals surface area contributed by atoms with E-state index in [2.05, 4.69) is 27.3 Å². The molecule has 1 unspecified atom stereocenters. The molecule has 1 atom stereocenters. The summed E-state index contributed by atoms with van der Waals surface area (Å²) in [6.45, 7) is 4.03. The summed E-state index contributed by atoms with van der Waals surface area (Å²) < 4.78 is 1.04. The number of nitrogens with one attached hydrogen (secondary N) is 1. The summed E-state index contributed by atoms with van der Waals surface area (Å²) >= 11 is 3.48. The van der Waals surface area contributed by atoms with E-state index in [1.54, 1.807) is 0 Å². The third kappa shape index (κ3) is 2.27. The van der Waals surface area contributed by atoms with Gasteiger partial charge in [0.25, 0.3) is 0 Å². The van der Waals surface area contributed by atoms with Gasteiger partial charge >= 0.3 is 0 Å². The molecule has 0 saturated heterocycles. The van der Waals surface area contributed by atoms with Gasteiger partial charge < -0.3 is 5.32 Å². The molecule has 2 nitrogen and oxygen atoms in total. The maximum absolute atomic E-state index is 12.4. The van der Waals surface area contributed by atoms with Crippen LogP contribution in [0.25, 0.3) is 0 Å². The van der Waals surface area contributed by atoms with Crippen molar-refractivity contribution in [3.05, 3.63) is 63.1 Å². The molecule has 0 saturated carbocycles. The number of rotatable bonds is 2. The number of carbonyl (C=O) groups is 1. The summed E-state index contributed by atoms with van der Waals surface area (Å²) in [6, 6.07) is 12.2. The van der Waals surface area contributed by atoms with Crippen molar-refractivity contribution in [3.63, 3.8) is 0 Å². The molecule has 0 spiro atoms. The van der Waals surface area contributed by atoms with Crippen LogP contribution in [0.4, 0.5) is 5.69 Å². The van der Waals surface area contributed by atoms with E-state index >= 15 is 0 Å². The zero-order chi connectivity index (χ0) is 14.3. The van der Waals surface area contributed by atoms with Gasteiger partial charge in [-0.25, -0.2) is 0 Å². The highest BCUT2D eigenvalue weighted by atomic mass is 79.9. The molecule has 3 rings (SSSR count). The third-order valence-corrected chi connectivity index (χ3v) is 4.37. The molecule has 2 aromatic rings. The number of halogens is 1. The third-order valence-electron chi connectivity index (χ3n) is 3.92. The predicted molar refractivity (Wildman–Crippen MR) is 85.1 cm³/mol. The average molecular weight is 330 g/mol. The zero-order valence-electron chi connectivity index (χ0n) is 11.5. The molecule has 2 aromatic carbocycles. The van der Waals surface area contributed by atoms with Crippen molar-refractivity contribution in [2.45, 2.75) is 26.2 Å². The molecule has 102 valence electrons. The molecule has 0 heterocycles. The fourth-order valence-electron chi connectivity index (χ4n) is 2.81. The van der Waals surface area contributed by atoms with Gasteiger partial charge in [-0.2, -0.15) is 0 Å². The van der Waals surface area contributed by atoms with Crippen LogP contribution < -0.4 is 5.32 Å². The lowest BCUT2D eigenvalue weighted by molar-refractivity contribution is -0.118. The number of amides is 1. The highest BCUT2D eigenvalue weighted by molar-refractivity contribution is 9.10. The van der Waals surface area contributed by atoms with Crippen molar-refractivity contribution in [2.24, 2.45) is 0 Å². The zero-order valence-corrected chi connectivity index (χ0v) is 13.1. The summed E-state index contributed by atoms with van der Waals surface area (Å²) in [4.78, 5) is 12.4. The Morgan fingerprint density at radius 2 is 1.85 bits per heavy atom. The number of carbonyl (C=O) groups excluding carboxylic acids is 1. The second-order valence-corrected chi connectivity index (χ2v) is 6.28. The Morgan fingerprint density at radius 3 is 2.50 bits per heavy atom. The van der Waals surface area contributed by atoms with E-state index in [9.17, 15) is 4.79 Å². The standard InChI is InChI=1S/C17H16BrNO/c1-10-7-13(18)8-11(2)16(10)19-17(20)15-9-12-5-3-4-6-14(12)15/h3-8,15H,9H2,1-2H3,(H,19,20). The summed E-state index contributed by atoms with van der Waals surface area (Å²) in [5.41, 5.74) is 5.55. The van der Waals surface area contributed by atoms with Crippen molar-refractivity contribution in [3.8, 4) is 0 Å². The van der Waals surface area contributed by atoms with Crippen LogP contribution in [0.2, 0.25) is 0 Å². The van der Waals surface area contributed by atoms with Crippen molar-refractivity contribution in [2.75, 3.05) is 5.32 Å². The number of benzene rings is 2. The Kier molecular flexibility index (Phi) is 3.38. The molecule has 0 aliphatic heterocycles. The predicted octanol–water partition coefficient (Wildman–Crippen LogP) is 4.34. The lowest BCUT2D eigenvalue weighted by Crippen LogP contribution is -2.30. The molecule has 1 amide bonds. The average Bonchev–Trinajstić information content (AvgIpc) is 2.35. The number of aryl methyl sites for hydroxylation is 2. The molecule has 0 aromatic heterocycles. The van der Waals surface area contributed by atoms with Crippen molar-refractivity contribution >= 4 is 27.5 Å². The van der Waals surface area contributed by atoms with Crippen LogP contribution in [0.15, 0.2) is 40.9 Å². The van der Waals surface area contributed by atoms with E-state index in [4.69, 9.17) is 0 Å². The normalized spacial score (nSPS) is 16.2. The van der Waals surface area contributed by atoms with E-state index < -0.39 is 0 Å².